The minimum atomic E-state index is 0.00996. The van der Waals surface area contributed by atoms with Crippen LogP contribution in [-0.4, -0.2) is 23.9 Å². The van der Waals surface area contributed by atoms with Crippen molar-refractivity contribution in [2.75, 3.05) is 13.1 Å². The Kier molecular flexibility index (Phi) is 3.53. The molecule has 0 fully saturated rings. The van der Waals surface area contributed by atoms with Crippen molar-refractivity contribution in [1.29, 1.82) is 0 Å². The Morgan fingerprint density at radius 2 is 2.35 bits per heavy atom. The highest BCUT2D eigenvalue weighted by Crippen LogP contribution is 2.27. The topological polar surface area (TPSA) is 20.3 Å². The molecule has 0 spiro atoms. The summed E-state index contributed by atoms with van der Waals surface area (Å²) in [7, 11) is 0. The lowest BCUT2D eigenvalue weighted by molar-refractivity contribution is -0.126. The predicted octanol–water partition coefficient (Wildman–Crippen LogP) is 3.01. The van der Waals surface area contributed by atoms with E-state index in [1.165, 1.54) is 17.2 Å². The molecule has 2 rings (SSSR count). The third-order valence-corrected chi connectivity index (χ3v) is 3.51. The average Bonchev–Trinajstić information content (AvgIpc) is 2.48. The van der Waals surface area contributed by atoms with Crippen LogP contribution in [0, 0.1) is 0 Å². The standard InChI is InChI=1S/C14H16ClNO/c1-3-14(17)16-7-6-11-4-5-12(15)8-13(11)10(2)9-16/h3-5,8,10H,1,6-7,9H2,2H3. The number of carbonyl (C=O) groups excluding carboxylic acids is 1. The Balaban J connectivity index is 2.29. The first-order valence-electron chi connectivity index (χ1n) is 5.81. The maximum absolute atomic E-state index is 11.7. The molecule has 1 aromatic carbocycles. The summed E-state index contributed by atoms with van der Waals surface area (Å²) in [6.45, 7) is 7.16. The smallest absolute Gasteiger partial charge is 0.245 e. The molecule has 0 radical (unpaired) electrons. The first-order chi connectivity index (χ1) is 8.11. The molecule has 1 aliphatic rings. The average molecular weight is 250 g/mol. The number of hydrogen-bond donors (Lipinski definition) is 0. The zero-order valence-corrected chi connectivity index (χ0v) is 10.7. The maximum atomic E-state index is 11.7. The highest BCUT2D eigenvalue weighted by molar-refractivity contribution is 6.30. The van der Waals surface area contributed by atoms with Crippen molar-refractivity contribution in [2.24, 2.45) is 0 Å². The number of halogens is 1. The van der Waals surface area contributed by atoms with Gasteiger partial charge < -0.3 is 4.90 Å². The molecule has 90 valence electrons. The fourth-order valence-electron chi connectivity index (χ4n) is 2.36. The van der Waals surface area contributed by atoms with Crippen LogP contribution in [0.15, 0.2) is 30.9 Å². The van der Waals surface area contributed by atoms with E-state index >= 15 is 0 Å². The van der Waals surface area contributed by atoms with Gasteiger partial charge in [-0.1, -0.05) is 31.2 Å². The minimum Gasteiger partial charge on any atom is -0.338 e. The lowest BCUT2D eigenvalue weighted by Crippen LogP contribution is -2.32. The van der Waals surface area contributed by atoms with Gasteiger partial charge in [-0.25, -0.2) is 0 Å². The highest BCUT2D eigenvalue weighted by atomic mass is 35.5. The van der Waals surface area contributed by atoms with Crippen LogP contribution in [0.3, 0.4) is 0 Å². The number of carbonyl (C=O) groups is 1. The Morgan fingerprint density at radius 3 is 3.06 bits per heavy atom. The Hall–Kier alpha value is -1.28. The minimum absolute atomic E-state index is 0.00996. The van der Waals surface area contributed by atoms with Gasteiger partial charge in [-0.05, 0) is 41.7 Å². The van der Waals surface area contributed by atoms with Gasteiger partial charge >= 0.3 is 0 Å². The second-order valence-electron chi connectivity index (χ2n) is 4.48. The van der Waals surface area contributed by atoms with Crippen molar-refractivity contribution in [3.8, 4) is 0 Å². The lowest BCUT2D eigenvalue weighted by atomic mass is 9.95. The van der Waals surface area contributed by atoms with E-state index in [2.05, 4.69) is 19.6 Å². The molecule has 1 heterocycles. The third-order valence-electron chi connectivity index (χ3n) is 3.27. The molecule has 1 unspecified atom stereocenters. The number of benzene rings is 1. The quantitative estimate of drug-likeness (QED) is 0.701. The fourth-order valence-corrected chi connectivity index (χ4v) is 2.54. The summed E-state index contributed by atoms with van der Waals surface area (Å²) in [5, 5.41) is 0.763. The van der Waals surface area contributed by atoms with Crippen LogP contribution in [0.25, 0.3) is 0 Å². The monoisotopic (exact) mass is 249 g/mol. The van der Waals surface area contributed by atoms with Crippen molar-refractivity contribution < 1.29 is 4.79 Å². The van der Waals surface area contributed by atoms with Crippen molar-refractivity contribution in [3.05, 3.63) is 47.0 Å². The zero-order valence-electron chi connectivity index (χ0n) is 9.95. The number of rotatable bonds is 1. The molecular formula is C14H16ClNO. The highest BCUT2D eigenvalue weighted by Gasteiger charge is 2.21. The number of hydrogen-bond acceptors (Lipinski definition) is 1. The van der Waals surface area contributed by atoms with E-state index in [-0.39, 0.29) is 5.91 Å². The normalized spacial score (nSPS) is 19.4. The molecule has 1 aromatic rings. The van der Waals surface area contributed by atoms with Crippen LogP contribution in [0.4, 0.5) is 0 Å². The van der Waals surface area contributed by atoms with Gasteiger partial charge in [-0.15, -0.1) is 0 Å². The van der Waals surface area contributed by atoms with Crippen molar-refractivity contribution in [1.82, 2.24) is 4.90 Å². The van der Waals surface area contributed by atoms with Crippen molar-refractivity contribution >= 4 is 17.5 Å². The van der Waals surface area contributed by atoms with Gasteiger partial charge in [0.05, 0.1) is 0 Å². The summed E-state index contributed by atoms with van der Waals surface area (Å²) < 4.78 is 0. The molecule has 3 heteroatoms. The first-order valence-corrected chi connectivity index (χ1v) is 6.19. The van der Waals surface area contributed by atoms with Gasteiger partial charge in [-0.3, -0.25) is 4.79 Å². The zero-order chi connectivity index (χ0) is 12.4. The van der Waals surface area contributed by atoms with Gasteiger partial charge in [0, 0.05) is 18.1 Å². The van der Waals surface area contributed by atoms with Crippen LogP contribution >= 0.6 is 11.6 Å². The maximum Gasteiger partial charge on any atom is 0.245 e. The largest absolute Gasteiger partial charge is 0.338 e. The van der Waals surface area contributed by atoms with Gasteiger partial charge in [-0.2, -0.15) is 0 Å². The van der Waals surface area contributed by atoms with E-state index in [9.17, 15) is 4.79 Å². The summed E-state index contributed by atoms with van der Waals surface area (Å²) in [5.41, 5.74) is 2.55. The van der Waals surface area contributed by atoms with Gasteiger partial charge in [0.25, 0.3) is 0 Å². The van der Waals surface area contributed by atoms with Gasteiger partial charge in [0.1, 0.15) is 0 Å². The number of fused-ring (bicyclic) bond motifs is 1. The molecule has 0 aromatic heterocycles. The van der Waals surface area contributed by atoms with Crippen LogP contribution in [0.5, 0.6) is 0 Å². The summed E-state index contributed by atoms with van der Waals surface area (Å²) in [6, 6.07) is 6.00. The Labute approximate surface area is 107 Å². The van der Waals surface area contributed by atoms with E-state index < -0.39 is 0 Å². The molecule has 2 nitrogen and oxygen atoms in total. The molecule has 0 N–H and O–H groups in total. The SMILES string of the molecule is C=CC(=O)N1CCc2ccc(Cl)cc2C(C)C1. The molecule has 0 saturated heterocycles. The lowest BCUT2D eigenvalue weighted by Gasteiger charge is -2.21. The predicted molar refractivity (Wildman–Crippen MR) is 70.3 cm³/mol. The van der Waals surface area contributed by atoms with Gasteiger partial charge in [0.15, 0.2) is 0 Å². The van der Waals surface area contributed by atoms with Crippen LogP contribution < -0.4 is 0 Å². The van der Waals surface area contributed by atoms with Crippen LogP contribution in [0.2, 0.25) is 5.02 Å². The van der Waals surface area contributed by atoms with Crippen LogP contribution in [0.1, 0.15) is 24.0 Å². The second kappa shape index (κ2) is 4.92. The molecule has 1 amide bonds. The van der Waals surface area contributed by atoms with Crippen LogP contribution in [-0.2, 0) is 11.2 Å². The van der Waals surface area contributed by atoms with E-state index in [4.69, 9.17) is 11.6 Å². The fraction of sp³-hybridized carbons (Fsp3) is 0.357. The summed E-state index contributed by atoms with van der Waals surface area (Å²) >= 11 is 6.02. The van der Waals surface area contributed by atoms with Crippen molar-refractivity contribution in [3.63, 3.8) is 0 Å². The van der Waals surface area contributed by atoms with E-state index in [0.717, 1.165) is 24.5 Å². The molecule has 0 bridgehead atoms. The molecular weight excluding hydrogens is 234 g/mol. The Morgan fingerprint density at radius 1 is 1.59 bits per heavy atom. The van der Waals surface area contributed by atoms with E-state index in [1.807, 2.05) is 17.0 Å². The first kappa shape index (κ1) is 12.2. The van der Waals surface area contributed by atoms with Crippen molar-refractivity contribution in [2.45, 2.75) is 19.3 Å². The van der Waals surface area contributed by atoms with E-state index in [1.54, 1.807) is 0 Å². The van der Waals surface area contributed by atoms with Gasteiger partial charge in [0.2, 0.25) is 5.91 Å². The molecule has 1 atom stereocenters. The molecule has 0 aliphatic carbocycles. The number of nitrogens with zero attached hydrogens (tertiary/aromatic N) is 1. The summed E-state index contributed by atoms with van der Waals surface area (Å²) in [5.74, 6) is 0.325. The third kappa shape index (κ3) is 2.52. The van der Waals surface area contributed by atoms with E-state index in [0.29, 0.717) is 5.92 Å². The second-order valence-corrected chi connectivity index (χ2v) is 4.92. The summed E-state index contributed by atoms with van der Waals surface area (Å²) in [6.07, 6.45) is 2.27. The molecule has 0 saturated carbocycles. The molecule has 17 heavy (non-hydrogen) atoms. The Bertz CT molecular complexity index is 456. The number of amides is 1. The molecule has 1 aliphatic heterocycles. The summed E-state index contributed by atoms with van der Waals surface area (Å²) in [4.78, 5) is 13.5.